The first kappa shape index (κ1) is 12.7. The molecule has 2 rings (SSSR count). The van der Waals surface area contributed by atoms with Gasteiger partial charge in [-0.15, -0.1) is 11.8 Å². The van der Waals surface area contributed by atoms with Crippen LogP contribution in [0.25, 0.3) is 0 Å². The van der Waals surface area contributed by atoms with Crippen LogP contribution in [0.4, 0.5) is 0 Å². The van der Waals surface area contributed by atoms with Crippen molar-refractivity contribution < 1.29 is 4.74 Å². The second-order valence-corrected chi connectivity index (χ2v) is 5.84. The van der Waals surface area contributed by atoms with Crippen LogP contribution in [-0.2, 0) is 0 Å². The third kappa shape index (κ3) is 2.93. The number of ether oxygens (including phenoxy) is 1. The Labute approximate surface area is 112 Å². The molecule has 17 heavy (non-hydrogen) atoms. The van der Waals surface area contributed by atoms with E-state index < -0.39 is 0 Å². The summed E-state index contributed by atoms with van der Waals surface area (Å²) in [7, 11) is 0. The summed E-state index contributed by atoms with van der Waals surface area (Å²) in [6.45, 7) is 2.12. The van der Waals surface area contributed by atoms with E-state index in [1.165, 1.54) is 6.42 Å². The summed E-state index contributed by atoms with van der Waals surface area (Å²) in [5, 5.41) is 0. The van der Waals surface area contributed by atoms with E-state index in [0.717, 1.165) is 34.8 Å². The third-order valence-corrected chi connectivity index (χ3v) is 4.02. The van der Waals surface area contributed by atoms with E-state index in [9.17, 15) is 0 Å². The van der Waals surface area contributed by atoms with Crippen molar-refractivity contribution in [2.24, 2.45) is 5.73 Å². The molecule has 0 atom stereocenters. The van der Waals surface area contributed by atoms with Crippen molar-refractivity contribution in [3.63, 3.8) is 0 Å². The Hall–Kier alpha value is -0.740. The van der Waals surface area contributed by atoms with Gasteiger partial charge in [0.15, 0.2) is 0 Å². The summed E-state index contributed by atoms with van der Waals surface area (Å²) in [6.07, 6.45) is 3.89. The minimum absolute atomic E-state index is 0.352. The zero-order valence-electron chi connectivity index (χ0n) is 9.94. The van der Waals surface area contributed by atoms with Crippen molar-refractivity contribution in [3.8, 4) is 5.75 Å². The van der Waals surface area contributed by atoms with Crippen LogP contribution in [-0.4, -0.2) is 16.8 Å². The highest BCUT2D eigenvalue weighted by atomic mass is 32.2. The summed E-state index contributed by atoms with van der Waals surface area (Å²) in [5.74, 6) is 1.85. The van der Waals surface area contributed by atoms with Gasteiger partial charge in [0.2, 0.25) is 0 Å². The van der Waals surface area contributed by atoms with Gasteiger partial charge >= 0.3 is 0 Å². The van der Waals surface area contributed by atoms with E-state index in [4.69, 9.17) is 22.7 Å². The van der Waals surface area contributed by atoms with Gasteiger partial charge in [0.1, 0.15) is 10.7 Å². The van der Waals surface area contributed by atoms with E-state index in [0.29, 0.717) is 11.1 Å². The molecular formula is C13H17NOS2. The van der Waals surface area contributed by atoms with Crippen LogP contribution in [0.1, 0.15) is 31.7 Å². The molecule has 0 spiro atoms. The Balaban J connectivity index is 2.28. The summed E-state index contributed by atoms with van der Waals surface area (Å²) in [5.41, 5.74) is 6.72. The van der Waals surface area contributed by atoms with Gasteiger partial charge in [-0.05, 0) is 37.1 Å². The van der Waals surface area contributed by atoms with Crippen molar-refractivity contribution in [2.75, 3.05) is 5.75 Å². The highest BCUT2D eigenvalue weighted by Crippen LogP contribution is 2.33. The summed E-state index contributed by atoms with van der Waals surface area (Å²) in [6, 6.07) is 6.02. The van der Waals surface area contributed by atoms with Gasteiger partial charge in [-0.1, -0.05) is 25.2 Å². The molecule has 0 unspecified atom stereocenters. The minimum atomic E-state index is 0.352. The molecular weight excluding hydrogens is 250 g/mol. The first-order valence-electron chi connectivity index (χ1n) is 5.94. The fourth-order valence-electron chi connectivity index (χ4n) is 1.80. The lowest BCUT2D eigenvalue weighted by Gasteiger charge is -2.27. The van der Waals surface area contributed by atoms with Crippen LogP contribution in [0.5, 0.6) is 5.75 Å². The molecule has 1 aliphatic rings. The second-order valence-electron chi connectivity index (χ2n) is 4.10. The fraction of sp³-hybridized carbons (Fsp3) is 0.462. The summed E-state index contributed by atoms with van der Waals surface area (Å²) in [4.78, 5) is 1.55. The largest absolute Gasteiger partial charge is 0.490 e. The normalized spacial score (nSPS) is 15.4. The molecule has 1 aromatic carbocycles. The third-order valence-electron chi connectivity index (χ3n) is 2.88. The van der Waals surface area contributed by atoms with Gasteiger partial charge in [0.25, 0.3) is 0 Å². The van der Waals surface area contributed by atoms with Gasteiger partial charge in [-0.2, -0.15) is 0 Å². The standard InChI is InChI=1S/C13H17NOS2/c1-2-17-11-8-4-7-10(12(11)13(14)16)15-9-5-3-6-9/h4,7-9H,2-3,5-6H2,1H3,(H2,14,16). The zero-order valence-corrected chi connectivity index (χ0v) is 11.6. The lowest BCUT2D eigenvalue weighted by atomic mass is 9.96. The Kier molecular flexibility index (Phi) is 4.29. The number of rotatable bonds is 5. The maximum absolute atomic E-state index is 5.95. The monoisotopic (exact) mass is 267 g/mol. The Morgan fingerprint density at radius 2 is 2.29 bits per heavy atom. The average Bonchev–Trinajstić information content (AvgIpc) is 2.23. The molecule has 0 aliphatic heterocycles. The molecule has 0 amide bonds. The van der Waals surface area contributed by atoms with E-state index in [-0.39, 0.29) is 0 Å². The fourth-order valence-corrected chi connectivity index (χ4v) is 2.91. The molecule has 0 bridgehead atoms. The second kappa shape index (κ2) is 5.74. The molecule has 1 aromatic rings. The molecule has 92 valence electrons. The topological polar surface area (TPSA) is 35.2 Å². The molecule has 1 aliphatic carbocycles. The van der Waals surface area contributed by atoms with Crippen molar-refractivity contribution in [1.82, 2.24) is 0 Å². The molecule has 0 saturated heterocycles. The SMILES string of the molecule is CCSc1cccc(OC2CCC2)c1C(N)=S. The first-order valence-corrected chi connectivity index (χ1v) is 7.34. The van der Waals surface area contributed by atoms with Gasteiger partial charge in [0.05, 0.1) is 11.7 Å². The molecule has 0 heterocycles. The van der Waals surface area contributed by atoms with Gasteiger partial charge in [-0.3, -0.25) is 0 Å². The lowest BCUT2D eigenvalue weighted by Crippen LogP contribution is -2.26. The van der Waals surface area contributed by atoms with E-state index in [2.05, 4.69) is 13.0 Å². The summed E-state index contributed by atoms with van der Waals surface area (Å²) < 4.78 is 5.95. The smallest absolute Gasteiger partial charge is 0.131 e. The highest BCUT2D eigenvalue weighted by Gasteiger charge is 2.21. The number of hydrogen-bond acceptors (Lipinski definition) is 3. The van der Waals surface area contributed by atoms with Crippen LogP contribution in [0, 0.1) is 0 Å². The Morgan fingerprint density at radius 3 is 2.82 bits per heavy atom. The van der Waals surface area contributed by atoms with Crippen molar-refractivity contribution in [2.45, 2.75) is 37.2 Å². The molecule has 0 radical (unpaired) electrons. The van der Waals surface area contributed by atoms with Crippen molar-refractivity contribution >= 4 is 29.0 Å². The van der Waals surface area contributed by atoms with E-state index >= 15 is 0 Å². The number of nitrogens with two attached hydrogens (primary N) is 1. The Morgan fingerprint density at radius 1 is 1.53 bits per heavy atom. The van der Waals surface area contributed by atoms with Crippen LogP contribution >= 0.6 is 24.0 Å². The predicted molar refractivity (Wildman–Crippen MR) is 77.0 cm³/mol. The number of hydrogen-bond donors (Lipinski definition) is 1. The zero-order chi connectivity index (χ0) is 12.3. The van der Waals surface area contributed by atoms with Crippen LogP contribution < -0.4 is 10.5 Å². The summed E-state index contributed by atoms with van der Waals surface area (Å²) >= 11 is 6.89. The Bertz CT molecular complexity index is 416. The molecule has 2 N–H and O–H groups in total. The van der Waals surface area contributed by atoms with Crippen LogP contribution in [0.2, 0.25) is 0 Å². The van der Waals surface area contributed by atoms with Gasteiger partial charge in [0, 0.05) is 4.90 Å². The van der Waals surface area contributed by atoms with Gasteiger partial charge < -0.3 is 10.5 Å². The van der Waals surface area contributed by atoms with Gasteiger partial charge in [-0.25, -0.2) is 0 Å². The highest BCUT2D eigenvalue weighted by molar-refractivity contribution is 7.99. The lowest BCUT2D eigenvalue weighted by molar-refractivity contribution is 0.120. The van der Waals surface area contributed by atoms with Crippen molar-refractivity contribution in [1.29, 1.82) is 0 Å². The molecule has 2 nitrogen and oxygen atoms in total. The van der Waals surface area contributed by atoms with E-state index in [1.54, 1.807) is 11.8 Å². The van der Waals surface area contributed by atoms with Crippen molar-refractivity contribution in [3.05, 3.63) is 23.8 Å². The maximum Gasteiger partial charge on any atom is 0.131 e. The number of benzene rings is 1. The molecule has 1 fully saturated rings. The molecule has 4 heteroatoms. The number of thioether (sulfide) groups is 1. The van der Waals surface area contributed by atoms with Crippen LogP contribution in [0.3, 0.4) is 0 Å². The first-order chi connectivity index (χ1) is 8.22. The van der Waals surface area contributed by atoms with E-state index in [1.807, 2.05) is 12.1 Å². The molecule has 0 aromatic heterocycles. The predicted octanol–water partition coefficient (Wildman–Crippen LogP) is 3.36. The quantitative estimate of drug-likeness (QED) is 0.655. The minimum Gasteiger partial charge on any atom is -0.490 e. The number of thiocarbonyl (C=S) groups is 1. The maximum atomic E-state index is 5.95. The average molecular weight is 267 g/mol. The molecule has 1 saturated carbocycles. The van der Waals surface area contributed by atoms with Crippen LogP contribution in [0.15, 0.2) is 23.1 Å².